The van der Waals surface area contributed by atoms with Gasteiger partial charge in [-0.15, -0.1) is 0 Å². The summed E-state index contributed by atoms with van der Waals surface area (Å²) >= 11 is 0. The summed E-state index contributed by atoms with van der Waals surface area (Å²) in [5, 5.41) is 2.93. The molecule has 5 nitrogen and oxygen atoms in total. The number of nitrogens with one attached hydrogen (secondary N) is 1. The van der Waals surface area contributed by atoms with Crippen molar-refractivity contribution in [2.45, 2.75) is 46.6 Å². The highest BCUT2D eigenvalue weighted by molar-refractivity contribution is 5.94. The average molecular weight is 436 g/mol. The van der Waals surface area contributed by atoms with E-state index in [0.29, 0.717) is 25.1 Å². The van der Waals surface area contributed by atoms with E-state index in [2.05, 4.69) is 11.4 Å². The van der Waals surface area contributed by atoms with Crippen molar-refractivity contribution in [1.82, 2.24) is 5.32 Å². The molecule has 0 spiro atoms. The lowest BCUT2D eigenvalue weighted by Crippen LogP contribution is -2.25. The molecule has 0 aliphatic carbocycles. The molecule has 1 N–H and O–H groups in total. The van der Waals surface area contributed by atoms with Crippen molar-refractivity contribution in [3.05, 3.63) is 89.0 Å². The minimum atomic E-state index is -0.290. The maximum Gasteiger partial charge on any atom is 0.303 e. The lowest BCUT2D eigenvalue weighted by atomic mass is 10.1. The standard InChI is InChI=1S/C27H33NO4/c1-20(2)10-15-26(32-22(4)29)21(3)17-19-31-25-13-11-23(12-14-25)16-18-28-27(30)24-8-6-5-7-9-24/h5-14,17,26H,15-16,18-19H2,1-4H3,(H,28,30)/b21-17+/t26-/m0/s1. The summed E-state index contributed by atoms with van der Waals surface area (Å²) in [6.45, 7) is 8.38. The highest BCUT2D eigenvalue weighted by Gasteiger charge is 2.12. The summed E-state index contributed by atoms with van der Waals surface area (Å²) < 4.78 is 11.2. The predicted octanol–water partition coefficient (Wildman–Crippen LogP) is 5.27. The zero-order chi connectivity index (χ0) is 23.3. The quantitative estimate of drug-likeness (QED) is 0.386. The molecular formula is C27H33NO4. The summed E-state index contributed by atoms with van der Waals surface area (Å²) in [6, 6.07) is 17.0. The number of benzene rings is 2. The van der Waals surface area contributed by atoms with E-state index in [4.69, 9.17) is 9.47 Å². The Morgan fingerprint density at radius 3 is 2.25 bits per heavy atom. The van der Waals surface area contributed by atoms with E-state index in [0.717, 1.165) is 23.3 Å². The van der Waals surface area contributed by atoms with Crippen LogP contribution in [0.1, 0.15) is 50.0 Å². The molecule has 1 amide bonds. The van der Waals surface area contributed by atoms with Gasteiger partial charge in [0.05, 0.1) is 0 Å². The number of ether oxygens (including phenoxy) is 2. The third kappa shape index (κ3) is 9.21. The maximum atomic E-state index is 12.1. The van der Waals surface area contributed by atoms with Gasteiger partial charge in [0.15, 0.2) is 0 Å². The molecule has 170 valence electrons. The van der Waals surface area contributed by atoms with Crippen molar-refractivity contribution in [1.29, 1.82) is 0 Å². The van der Waals surface area contributed by atoms with Gasteiger partial charge in [-0.3, -0.25) is 9.59 Å². The molecule has 1 atom stereocenters. The molecule has 0 unspecified atom stereocenters. The van der Waals surface area contributed by atoms with E-state index in [1.807, 2.05) is 69.3 Å². The Labute approximate surface area is 191 Å². The summed E-state index contributed by atoms with van der Waals surface area (Å²) in [6.07, 6.45) is 5.12. The number of hydrogen-bond donors (Lipinski definition) is 1. The Morgan fingerprint density at radius 2 is 1.62 bits per heavy atom. The fraction of sp³-hybridized carbons (Fsp3) is 0.333. The molecule has 0 aromatic heterocycles. The van der Waals surface area contributed by atoms with E-state index < -0.39 is 0 Å². The predicted molar refractivity (Wildman–Crippen MR) is 128 cm³/mol. The van der Waals surface area contributed by atoms with Gasteiger partial charge in [-0.2, -0.15) is 0 Å². The van der Waals surface area contributed by atoms with Crippen LogP contribution < -0.4 is 10.1 Å². The van der Waals surface area contributed by atoms with Crippen molar-refractivity contribution >= 4 is 11.9 Å². The molecule has 0 saturated carbocycles. The number of hydrogen-bond acceptors (Lipinski definition) is 4. The van der Waals surface area contributed by atoms with Crippen LogP contribution >= 0.6 is 0 Å². The third-order valence-corrected chi connectivity index (χ3v) is 4.87. The second kappa shape index (κ2) is 13.2. The number of esters is 1. The Bertz CT molecular complexity index is 926. The highest BCUT2D eigenvalue weighted by atomic mass is 16.5. The van der Waals surface area contributed by atoms with E-state index in [9.17, 15) is 9.59 Å². The van der Waals surface area contributed by atoms with Gasteiger partial charge in [0.2, 0.25) is 0 Å². The summed E-state index contributed by atoms with van der Waals surface area (Å²) in [5.74, 6) is 0.408. The third-order valence-electron chi connectivity index (χ3n) is 4.87. The molecule has 0 aliphatic rings. The molecule has 0 bridgehead atoms. The first-order valence-electron chi connectivity index (χ1n) is 10.9. The number of allylic oxidation sites excluding steroid dienone is 1. The second-order valence-electron chi connectivity index (χ2n) is 7.89. The fourth-order valence-electron chi connectivity index (χ4n) is 3.04. The van der Waals surface area contributed by atoms with Crippen LogP contribution in [0, 0.1) is 0 Å². The van der Waals surface area contributed by atoms with E-state index in [-0.39, 0.29) is 18.0 Å². The van der Waals surface area contributed by atoms with Gasteiger partial charge in [-0.05, 0) is 68.7 Å². The Hall–Kier alpha value is -3.34. The van der Waals surface area contributed by atoms with Crippen LogP contribution in [0.15, 0.2) is 77.9 Å². The van der Waals surface area contributed by atoms with E-state index >= 15 is 0 Å². The number of carbonyl (C=O) groups excluding carboxylic acids is 2. The molecule has 2 rings (SSSR count). The number of rotatable bonds is 11. The summed E-state index contributed by atoms with van der Waals surface area (Å²) in [7, 11) is 0. The summed E-state index contributed by atoms with van der Waals surface area (Å²) in [5.41, 5.74) is 3.93. The normalized spacial score (nSPS) is 11.9. The smallest absolute Gasteiger partial charge is 0.303 e. The Morgan fingerprint density at radius 1 is 0.938 bits per heavy atom. The first kappa shape index (κ1) is 24.9. The second-order valence-corrected chi connectivity index (χ2v) is 7.89. The number of amides is 1. The molecule has 32 heavy (non-hydrogen) atoms. The largest absolute Gasteiger partial charge is 0.490 e. The maximum absolute atomic E-state index is 12.1. The van der Waals surface area contributed by atoms with Gasteiger partial charge in [0.1, 0.15) is 18.5 Å². The van der Waals surface area contributed by atoms with Crippen molar-refractivity contribution in [3.63, 3.8) is 0 Å². The number of carbonyl (C=O) groups is 2. The molecule has 0 aliphatic heterocycles. The van der Waals surface area contributed by atoms with Crippen LogP contribution in [0.4, 0.5) is 0 Å². The van der Waals surface area contributed by atoms with Crippen LogP contribution in [0.25, 0.3) is 0 Å². The monoisotopic (exact) mass is 435 g/mol. The fourth-order valence-corrected chi connectivity index (χ4v) is 3.04. The molecule has 0 saturated heterocycles. The summed E-state index contributed by atoms with van der Waals surface area (Å²) in [4.78, 5) is 23.5. The first-order chi connectivity index (χ1) is 15.3. The molecule has 2 aromatic rings. The van der Waals surface area contributed by atoms with Gasteiger partial charge < -0.3 is 14.8 Å². The van der Waals surface area contributed by atoms with Gasteiger partial charge in [-0.25, -0.2) is 0 Å². The Kier molecular flexibility index (Phi) is 10.2. The minimum Gasteiger partial charge on any atom is -0.490 e. The van der Waals surface area contributed by atoms with Gasteiger partial charge in [0, 0.05) is 25.5 Å². The van der Waals surface area contributed by atoms with Crippen LogP contribution in [0.2, 0.25) is 0 Å². The molecular weight excluding hydrogens is 402 g/mol. The molecule has 5 heteroatoms. The average Bonchev–Trinajstić information content (AvgIpc) is 2.77. The van der Waals surface area contributed by atoms with Crippen molar-refractivity contribution in [3.8, 4) is 5.75 Å². The Balaban J connectivity index is 1.80. The first-order valence-corrected chi connectivity index (χ1v) is 10.9. The zero-order valence-corrected chi connectivity index (χ0v) is 19.4. The lowest BCUT2D eigenvalue weighted by Gasteiger charge is -2.17. The lowest BCUT2D eigenvalue weighted by molar-refractivity contribution is -0.144. The van der Waals surface area contributed by atoms with E-state index in [1.54, 1.807) is 12.1 Å². The zero-order valence-electron chi connectivity index (χ0n) is 19.4. The van der Waals surface area contributed by atoms with Crippen LogP contribution in [-0.4, -0.2) is 31.1 Å². The topological polar surface area (TPSA) is 64.6 Å². The van der Waals surface area contributed by atoms with Crippen LogP contribution in [-0.2, 0) is 16.0 Å². The highest BCUT2D eigenvalue weighted by Crippen LogP contribution is 2.15. The molecule has 0 radical (unpaired) electrons. The molecule has 0 heterocycles. The van der Waals surface area contributed by atoms with Gasteiger partial charge in [0.25, 0.3) is 5.91 Å². The van der Waals surface area contributed by atoms with Crippen molar-refractivity contribution in [2.75, 3.05) is 13.2 Å². The van der Waals surface area contributed by atoms with Crippen molar-refractivity contribution < 1.29 is 19.1 Å². The van der Waals surface area contributed by atoms with Gasteiger partial charge >= 0.3 is 5.97 Å². The minimum absolute atomic E-state index is 0.0654. The van der Waals surface area contributed by atoms with Gasteiger partial charge in [-0.1, -0.05) is 42.0 Å². The molecule has 2 aromatic carbocycles. The molecule has 0 fully saturated rings. The van der Waals surface area contributed by atoms with E-state index in [1.165, 1.54) is 12.5 Å². The van der Waals surface area contributed by atoms with Crippen LogP contribution in [0.3, 0.4) is 0 Å². The van der Waals surface area contributed by atoms with Crippen molar-refractivity contribution in [2.24, 2.45) is 0 Å². The van der Waals surface area contributed by atoms with Crippen LogP contribution in [0.5, 0.6) is 5.75 Å². The SMILES string of the molecule is CC(=O)O[C@@H](CC=C(C)C)/C(C)=C/COc1ccc(CCNC(=O)c2ccccc2)cc1.